The van der Waals surface area contributed by atoms with E-state index < -0.39 is 10.0 Å². The minimum absolute atomic E-state index is 0.00858. The molecule has 0 amide bonds. The van der Waals surface area contributed by atoms with Crippen LogP contribution in [-0.2, 0) is 14.8 Å². The van der Waals surface area contributed by atoms with Gasteiger partial charge in [0.2, 0.25) is 10.0 Å². The summed E-state index contributed by atoms with van der Waals surface area (Å²) in [4.78, 5) is 0. The molecule has 3 N–H and O–H groups in total. The van der Waals surface area contributed by atoms with Gasteiger partial charge in [0.15, 0.2) is 0 Å². The maximum atomic E-state index is 11.5. The molecule has 1 saturated carbocycles. The molecule has 2 rings (SSSR count). The van der Waals surface area contributed by atoms with E-state index in [1.165, 1.54) is 0 Å². The van der Waals surface area contributed by atoms with Crippen molar-refractivity contribution in [1.82, 2.24) is 4.72 Å². The summed E-state index contributed by atoms with van der Waals surface area (Å²) in [5.74, 6) is 0.0796. The monoisotopic (exact) mass is 220 g/mol. The zero-order chi connectivity index (χ0) is 10.2. The molecule has 0 aromatic carbocycles. The summed E-state index contributed by atoms with van der Waals surface area (Å²) in [5.41, 5.74) is 5.52. The Hall–Kier alpha value is -0.170. The van der Waals surface area contributed by atoms with Crippen molar-refractivity contribution in [2.75, 3.05) is 12.4 Å². The molecule has 14 heavy (non-hydrogen) atoms. The average Bonchev–Trinajstić information content (AvgIpc) is 2.60. The van der Waals surface area contributed by atoms with Crippen molar-refractivity contribution in [2.24, 2.45) is 5.73 Å². The van der Waals surface area contributed by atoms with E-state index in [1.807, 2.05) is 0 Å². The lowest BCUT2D eigenvalue weighted by Crippen LogP contribution is -2.35. The van der Waals surface area contributed by atoms with Crippen LogP contribution in [0.1, 0.15) is 19.3 Å². The molecule has 1 aliphatic carbocycles. The van der Waals surface area contributed by atoms with Gasteiger partial charge in [-0.15, -0.1) is 0 Å². The van der Waals surface area contributed by atoms with Gasteiger partial charge >= 0.3 is 0 Å². The summed E-state index contributed by atoms with van der Waals surface area (Å²) < 4.78 is 30.9. The van der Waals surface area contributed by atoms with Crippen molar-refractivity contribution in [3.8, 4) is 0 Å². The maximum absolute atomic E-state index is 11.5. The molecule has 82 valence electrons. The SMILES string of the molecule is NC1CC1NS(=O)(=O)CC1CCCO1. The fraction of sp³-hybridized carbons (Fsp3) is 1.00. The van der Waals surface area contributed by atoms with Crippen LogP contribution in [0.4, 0.5) is 0 Å². The molecule has 6 heteroatoms. The zero-order valence-electron chi connectivity index (χ0n) is 7.98. The second-order valence-electron chi connectivity index (χ2n) is 4.04. The highest BCUT2D eigenvalue weighted by atomic mass is 32.2. The van der Waals surface area contributed by atoms with Crippen molar-refractivity contribution < 1.29 is 13.2 Å². The van der Waals surface area contributed by atoms with Gasteiger partial charge in [-0.3, -0.25) is 0 Å². The molecule has 0 aromatic heterocycles. The molecule has 2 aliphatic rings. The fourth-order valence-electron chi connectivity index (χ4n) is 1.65. The van der Waals surface area contributed by atoms with Crippen molar-refractivity contribution in [3.05, 3.63) is 0 Å². The molecule has 1 heterocycles. The predicted octanol–water partition coefficient (Wildman–Crippen LogP) is -0.816. The predicted molar refractivity (Wildman–Crippen MR) is 52.3 cm³/mol. The number of nitrogens with one attached hydrogen (secondary N) is 1. The van der Waals surface area contributed by atoms with Crippen LogP contribution in [-0.4, -0.2) is 39.0 Å². The smallest absolute Gasteiger partial charge is 0.214 e. The number of nitrogens with two attached hydrogens (primary N) is 1. The van der Waals surface area contributed by atoms with Crippen LogP contribution < -0.4 is 10.5 Å². The molecule has 1 aliphatic heterocycles. The lowest BCUT2D eigenvalue weighted by atomic mass is 10.3. The van der Waals surface area contributed by atoms with Crippen LogP contribution in [0.2, 0.25) is 0 Å². The van der Waals surface area contributed by atoms with Crippen LogP contribution in [0.15, 0.2) is 0 Å². The Kier molecular flexibility index (Phi) is 2.79. The van der Waals surface area contributed by atoms with Crippen LogP contribution in [0.25, 0.3) is 0 Å². The van der Waals surface area contributed by atoms with Gasteiger partial charge in [0.25, 0.3) is 0 Å². The number of sulfonamides is 1. The first-order valence-corrected chi connectivity index (χ1v) is 6.59. The molecule has 3 unspecified atom stereocenters. The van der Waals surface area contributed by atoms with E-state index in [9.17, 15) is 8.42 Å². The minimum Gasteiger partial charge on any atom is -0.377 e. The van der Waals surface area contributed by atoms with Crippen molar-refractivity contribution in [3.63, 3.8) is 0 Å². The summed E-state index contributed by atoms with van der Waals surface area (Å²) in [7, 11) is -3.19. The molecule has 0 bridgehead atoms. The Balaban J connectivity index is 1.82. The van der Waals surface area contributed by atoms with Crippen LogP contribution in [0, 0.1) is 0 Å². The van der Waals surface area contributed by atoms with Crippen molar-refractivity contribution in [1.29, 1.82) is 0 Å². The topological polar surface area (TPSA) is 81.4 Å². The second-order valence-corrected chi connectivity index (χ2v) is 5.84. The lowest BCUT2D eigenvalue weighted by molar-refractivity contribution is 0.127. The Labute approximate surface area is 84.0 Å². The van der Waals surface area contributed by atoms with Crippen molar-refractivity contribution in [2.45, 2.75) is 37.5 Å². The van der Waals surface area contributed by atoms with Gasteiger partial charge < -0.3 is 10.5 Å². The third-order valence-electron chi connectivity index (χ3n) is 2.60. The van der Waals surface area contributed by atoms with Gasteiger partial charge in [-0.2, -0.15) is 0 Å². The molecular weight excluding hydrogens is 204 g/mol. The normalized spacial score (nSPS) is 37.4. The van der Waals surface area contributed by atoms with Crippen LogP contribution in [0.5, 0.6) is 0 Å². The van der Waals surface area contributed by atoms with E-state index in [0.29, 0.717) is 6.61 Å². The van der Waals surface area contributed by atoms with Gasteiger partial charge in [-0.1, -0.05) is 0 Å². The molecule has 5 nitrogen and oxygen atoms in total. The highest BCUT2D eigenvalue weighted by molar-refractivity contribution is 7.89. The zero-order valence-corrected chi connectivity index (χ0v) is 8.79. The van der Waals surface area contributed by atoms with E-state index in [1.54, 1.807) is 0 Å². The second kappa shape index (κ2) is 3.77. The fourth-order valence-corrected chi connectivity index (χ4v) is 3.23. The highest BCUT2D eigenvalue weighted by Crippen LogP contribution is 2.20. The van der Waals surface area contributed by atoms with E-state index in [4.69, 9.17) is 10.5 Å². The van der Waals surface area contributed by atoms with Gasteiger partial charge in [0.05, 0.1) is 11.9 Å². The molecule has 0 aromatic rings. The third kappa shape index (κ3) is 2.66. The van der Waals surface area contributed by atoms with Gasteiger partial charge in [-0.05, 0) is 19.3 Å². The molecule has 3 atom stereocenters. The Morgan fingerprint density at radius 2 is 2.21 bits per heavy atom. The number of hydrogen-bond acceptors (Lipinski definition) is 4. The van der Waals surface area contributed by atoms with Crippen LogP contribution >= 0.6 is 0 Å². The number of hydrogen-bond donors (Lipinski definition) is 2. The number of ether oxygens (including phenoxy) is 1. The Morgan fingerprint density at radius 3 is 2.71 bits per heavy atom. The Morgan fingerprint density at radius 1 is 1.50 bits per heavy atom. The molecule has 1 saturated heterocycles. The molecule has 2 fully saturated rings. The van der Waals surface area contributed by atoms with Crippen LogP contribution in [0.3, 0.4) is 0 Å². The standard InChI is InChI=1S/C8H16N2O3S/c9-7-4-8(7)10-14(11,12)5-6-2-1-3-13-6/h6-8,10H,1-5,9H2. The summed E-state index contributed by atoms with van der Waals surface area (Å²) in [6, 6.07) is -0.0318. The number of rotatable bonds is 4. The maximum Gasteiger partial charge on any atom is 0.214 e. The van der Waals surface area contributed by atoms with E-state index >= 15 is 0 Å². The minimum atomic E-state index is -3.19. The van der Waals surface area contributed by atoms with Gasteiger partial charge in [0, 0.05) is 18.7 Å². The molecular formula is C8H16N2O3S. The molecule has 0 radical (unpaired) electrons. The summed E-state index contributed by atoms with van der Waals surface area (Å²) in [6.45, 7) is 0.684. The highest BCUT2D eigenvalue weighted by Gasteiger charge is 2.37. The summed E-state index contributed by atoms with van der Waals surface area (Å²) in [6.07, 6.45) is 2.44. The first-order chi connectivity index (χ1) is 6.57. The quantitative estimate of drug-likeness (QED) is 0.649. The third-order valence-corrected chi connectivity index (χ3v) is 4.07. The van der Waals surface area contributed by atoms with E-state index in [-0.39, 0.29) is 23.9 Å². The Bertz CT molecular complexity index is 298. The average molecular weight is 220 g/mol. The van der Waals surface area contributed by atoms with E-state index in [0.717, 1.165) is 19.3 Å². The molecule has 0 spiro atoms. The first-order valence-electron chi connectivity index (χ1n) is 4.94. The van der Waals surface area contributed by atoms with Gasteiger partial charge in [0.1, 0.15) is 0 Å². The van der Waals surface area contributed by atoms with Crippen molar-refractivity contribution >= 4 is 10.0 Å². The summed E-state index contributed by atoms with van der Waals surface area (Å²) in [5, 5.41) is 0. The van der Waals surface area contributed by atoms with Gasteiger partial charge in [-0.25, -0.2) is 13.1 Å². The summed E-state index contributed by atoms with van der Waals surface area (Å²) >= 11 is 0. The van der Waals surface area contributed by atoms with E-state index in [2.05, 4.69) is 4.72 Å². The first kappa shape index (κ1) is 10.4. The lowest BCUT2D eigenvalue weighted by Gasteiger charge is -2.10. The largest absolute Gasteiger partial charge is 0.377 e.